The van der Waals surface area contributed by atoms with Crippen LogP contribution in [0.25, 0.3) is 0 Å². The number of likely N-dealkylation sites (N-methyl/N-ethyl adjacent to an activating group) is 2. The predicted octanol–water partition coefficient (Wildman–Crippen LogP) is 4.64. The van der Waals surface area contributed by atoms with Gasteiger partial charge in [0.05, 0.1) is 12.6 Å². The van der Waals surface area contributed by atoms with Gasteiger partial charge in [-0.05, 0) is 48.5 Å². The first-order valence-corrected chi connectivity index (χ1v) is 8.23. The molecule has 0 bridgehead atoms. The molecule has 2 aromatic carbocycles. The number of carbonyl (C=O) groups excluding carboxylic acids is 1. The third kappa shape index (κ3) is 3.07. The van der Waals surface area contributed by atoms with Crippen LogP contribution in [0.5, 0.6) is 0 Å². The Kier molecular flexibility index (Phi) is 4.56. The zero-order valence-corrected chi connectivity index (χ0v) is 15.0. The van der Waals surface area contributed by atoms with E-state index in [0.29, 0.717) is 15.1 Å². The van der Waals surface area contributed by atoms with Gasteiger partial charge in [0, 0.05) is 27.8 Å². The fraction of sp³-hybridized carbons (Fsp3) is 0.235. The molecule has 1 aliphatic rings. The molecular weight excluding hydrogens is 355 g/mol. The highest BCUT2D eigenvalue weighted by Gasteiger charge is 2.32. The normalized spacial score (nSPS) is 18.7. The van der Waals surface area contributed by atoms with Crippen molar-refractivity contribution in [1.29, 1.82) is 0 Å². The topological polar surface area (TPSA) is 23.6 Å². The summed E-state index contributed by atoms with van der Waals surface area (Å²) in [4.78, 5) is 16.0. The van der Waals surface area contributed by atoms with Crippen molar-refractivity contribution in [3.63, 3.8) is 0 Å². The molecule has 0 N–H and O–H groups in total. The molecule has 1 heterocycles. The van der Waals surface area contributed by atoms with E-state index in [4.69, 9.17) is 34.8 Å². The number of anilines is 1. The predicted molar refractivity (Wildman–Crippen MR) is 95.8 cm³/mol. The van der Waals surface area contributed by atoms with E-state index < -0.39 is 0 Å². The molecule has 1 amide bonds. The first kappa shape index (κ1) is 16.6. The average molecular weight is 370 g/mol. The summed E-state index contributed by atoms with van der Waals surface area (Å²) in [5.41, 5.74) is 2.67. The zero-order chi connectivity index (χ0) is 16.7. The van der Waals surface area contributed by atoms with Gasteiger partial charge in [0.15, 0.2) is 0 Å². The van der Waals surface area contributed by atoms with Gasteiger partial charge < -0.3 is 4.90 Å². The highest BCUT2D eigenvalue weighted by molar-refractivity contribution is 6.35. The maximum atomic E-state index is 12.4. The number of hydrogen-bond donors (Lipinski definition) is 0. The van der Waals surface area contributed by atoms with Crippen molar-refractivity contribution in [1.82, 2.24) is 4.90 Å². The zero-order valence-electron chi connectivity index (χ0n) is 12.7. The summed E-state index contributed by atoms with van der Waals surface area (Å²) in [5, 5.41) is 1.77. The molecule has 3 nitrogen and oxygen atoms in total. The van der Waals surface area contributed by atoms with Crippen molar-refractivity contribution >= 4 is 46.4 Å². The third-order valence-electron chi connectivity index (χ3n) is 4.10. The molecule has 3 rings (SSSR count). The summed E-state index contributed by atoms with van der Waals surface area (Å²) in [7, 11) is 3.67. The van der Waals surface area contributed by atoms with Crippen molar-refractivity contribution in [2.75, 3.05) is 25.5 Å². The number of benzene rings is 2. The Morgan fingerprint density at radius 3 is 2.30 bits per heavy atom. The maximum Gasteiger partial charge on any atom is 0.240 e. The van der Waals surface area contributed by atoms with Crippen molar-refractivity contribution in [3.8, 4) is 0 Å². The Balaban J connectivity index is 2.24. The molecule has 0 saturated carbocycles. The molecule has 1 unspecified atom stereocenters. The van der Waals surface area contributed by atoms with Crippen molar-refractivity contribution in [2.45, 2.75) is 6.04 Å². The molecule has 0 spiro atoms. The molecule has 0 aromatic heterocycles. The minimum Gasteiger partial charge on any atom is -0.314 e. The molecule has 2 aromatic rings. The molecule has 0 saturated heterocycles. The molecule has 120 valence electrons. The second-order valence-electron chi connectivity index (χ2n) is 5.64. The number of rotatable bonds is 1. The Labute approximate surface area is 150 Å². The van der Waals surface area contributed by atoms with E-state index in [-0.39, 0.29) is 18.5 Å². The quantitative estimate of drug-likeness (QED) is 0.731. The second kappa shape index (κ2) is 6.33. The maximum absolute atomic E-state index is 12.4. The molecule has 1 atom stereocenters. The van der Waals surface area contributed by atoms with Crippen LogP contribution in [0.2, 0.25) is 15.1 Å². The van der Waals surface area contributed by atoms with Gasteiger partial charge in [0.25, 0.3) is 0 Å². The Bertz CT molecular complexity index is 778. The third-order valence-corrected chi connectivity index (χ3v) is 4.90. The van der Waals surface area contributed by atoms with Gasteiger partial charge in [-0.3, -0.25) is 9.69 Å². The smallest absolute Gasteiger partial charge is 0.240 e. The lowest BCUT2D eigenvalue weighted by Gasteiger charge is -2.27. The van der Waals surface area contributed by atoms with Crippen LogP contribution in [0.4, 0.5) is 5.69 Å². The van der Waals surface area contributed by atoms with E-state index >= 15 is 0 Å². The van der Waals surface area contributed by atoms with Crippen LogP contribution in [-0.2, 0) is 4.79 Å². The van der Waals surface area contributed by atoms with Gasteiger partial charge in [-0.2, -0.15) is 0 Å². The van der Waals surface area contributed by atoms with Gasteiger partial charge in [0.2, 0.25) is 5.91 Å². The fourth-order valence-electron chi connectivity index (χ4n) is 2.96. The van der Waals surface area contributed by atoms with Gasteiger partial charge in [-0.1, -0.05) is 40.9 Å². The Morgan fingerprint density at radius 1 is 0.957 bits per heavy atom. The van der Waals surface area contributed by atoms with Crippen LogP contribution >= 0.6 is 34.8 Å². The molecule has 23 heavy (non-hydrogen) atoms. The van der Waals surface area contributed by atoms with E-state index in [1.807, 2.05) is 30.1 Å². The number of hydrogen-bond acceptors (Lipinski definition) is 2. The SMILES string of the molecule is CN1C(=O)CN(C)C(c2ccc(Cl)cc2Cl)c2cc(Cl)ccc21. The van der Waals surface area contributed by atoms with Crippen molar-refractivity contribution in [3.05, 3.63) is 62.6 Å². The number of carbonyl (C=O) groups is 1. The minimum absolute atomic E-state index is 0.0173. The van der Waals surface area contributed by atoms with E-state index in [0.717, 1.165) is 16.8 Å². The van der Waals surface area contributed by atoms with Gasteiger partial charge in [-0.15, -0.1) is 0 Å². The summed E-state index contributed by atoms with van der Waals surface area (Å²) < 4.78 is 0. The largest absolute Gasteiger partial charge is 0.314 e. The highest BCUT2D eigenvalue weighted by Crippen LogP contribution is 2.40. The van der Waals surface area contributed by atoms with Gasteiger partial charge in [0.1, 0.15) is 0 Å². The van der Waals surface area contributed by atoms with Crippen LogP contribution in [0.1, 0.15) is 17.2 Å². The molecule has 0 radical (unpaired) electrons. The molecule has 0 aliphatic carbocycles. The van der Waals surface area contributed by atoms with E-state index in [2.05, 4.69) is 0 Å². The Hall–Kier alpha value is -1.26. The number of nitrogens with zero attached hydrogens (tertiary/aromatic N) is 2. The minimum atomic E-state index is -0.178. The molecule has 1 aliphatic heterocycles. The first-order valence-electron chi connectivity index (χ1n) is 7.09. The van der Waals surface area contributed by atoms with E-state index in [1.165, 1.54) is 0 Å². The number of fused-ring (bicyclic) bond motifs is 1. The summed E-state index contributed by atoms with van der Waals surface area (Å²) in [6.07, 6.45) is 0. The monoisotopic (exact) mass is 368 g/mol. The van der Waals surface area contributed by atoms with E-state index in [1.54, 1.807) is 30.1 Å². The van der Waals surface area contributed by atoms with Crippen LogP contribution in [0.15, 0.2) is 36.4 Å². The lowest BCUT2D eigenvalue weighted by atomic mass is 9.96. The van der Waals surface area contributed by atoms with Crippen LogP contribution in [0.3, 0.4) is 0 Å². The van der Waals surface area contributed by atoms with Crippen LogP contribution in [-0.4, -0.2) is 31.4 Å². The van der Waals surface area contributed by atoms with Crippen LogP contribution in [0, 0.1) is 0 Å². The standard InChI is InChI=1S/C17H15Cl3N2O/c1-21-9-16(23)22(2)15-6-4-10(18)7-13(15)17(21)12-5-3-11(19)8-14(12)20/h3-8,17H,9H2,1-2H3. The summed E-state index contributed by atoms with van der Waals surface area (Å²) in [5.74, 6) is 0.0173. The second-order valence-corrected chi connectivity index (χ2v) is 6.92. The van der Waals surface area contributed by atoms with Gasteiger partial charge >= 0.3 is 0 Å². The van der Waals surface area contributed by atoms with Crippen LogP contribution < -0.4 is 4.90 Å². The first-order chi connectivity index (χ1) is 10.9. The highest BCUT2D eigenvalue weighted by atomic mass is 35.5. The molecular formula is C17H15Cl3N2O. The lowest BCUT2D eigenvalue weighted by Crippen LogP contribution is -2.34. The van der Waals surface area contributed by atoms with Crippen molar-refractivity contribution < 1.29 is 4.79 Å². The summed E-state index contributed by atoms with van der Waals surface area (Å²) in [6, 6.07) is 10.8. The lowest BCUT2D eigenvalue weighted by molar-refractivity contribution is -0.119. The summed E-state index contributed by atoms with van der Waals surface area (Å²) >= 11 is 18.6. The Morgan fingerprint density at radius 2 is 1.61 bits per heavy atom. The van der Waals surface area contributed by atoms with Crippen molar-refractivity contribution in [2.24, 2.45) is 0 Å². The summed E-state index contributed by atoms with van der Waals surface area (Å²) in [6.45, 7) is 0.284. The van der Waals surface area contributed by atoms with E-state index in [9.17, 15) is 4.79 Å². The number of halogens is 3. The average Bonchev–Trinajstić information content (AvgIpc) is 2.56. The number of amides is 1. The fourth-order valence-corrected chi connectivity index (χ4v) is 3.65. The van der Waals surface area contributed by atoms with Gasteiger partial charge in [-0.25, -0.2) is 0 Å². The molecule has 6 heteroatoms. The molecule has 0 fully saturated rings.